The summed E-state index contributed by atoms with van der Waals surface area (Å²) in [6.07, 6.45) is 4.47. The first-order valence-electron chi connectivity index (χ1n) is 5.35. The van der Waals surface area contributed by atoms with E-state index in [4.69, 9.17) is 0 Å². The van der Waals surface area contributed by atoms with Gasteiger partial charge in [-0.25, -0.2) is 0 Å². The maximum absolute atomic E-state index is 3.53. The van der Waals surface area contributed by atoms with Gasteiger partial charge < -0.3 is 0 Å². The number of anilines is 1. The van der Waals surface area contributed by atoms with Crippen molar-refractivity contribution in [3.05, 3.63) is 29.8 Å². The molecule has 1 heterocycles. The third kappa shape index (κ3) is 2.45. The summed E-state index contributed by atoms with van der Waals surface area (Å²) in [7, 11) is 0. The summed E-state index contributed by atoms with van der Waals surface area (Å²) in [5.41, 5.74) is 2.69. The van der Waals surface area contributed by atoms with Crippen LogP contribution in [0.4, 0.5) is 5.69 Å². The van der Waals surface area contributed by atoms with Crippen molar-refractivity contribution in [3.63, 3.8) is 0 Å². The number of nitrogens with one attached hydrogen (secondary N) is 1. The van der Waals surface area contributed by atoms with Gasteiger partial charge in [-0.1, -0.05) is 0 Å². The maximum atomic E-state index is 3.53. The first-order valence-corrected chi connectivity index (χ1v) is 7.42. The molecule has 0 saturated carbocycles. The molecule has 15 heavy (non-hydrogen) atoms. The molecule has 1 aliphatic heterocycles. The minimum absolute atomic E-state index is 0.0877. The van der Waals surface area contributed by atoms with Gasteiger partial charge in [0, 0.05) is 0 Å². The predicted octanol–water partition coefficient (Wildman–Crippen LogP) is 2.67. The second kappa shape index (κ2) is 4.03. The number of fused-ring (bicyclic) bond motifs is 1. The van der Waals surface area contributed by atoms with E-state index < -0.39 is 0 Å². The fourth-order valence-corrected chi connectivity index (χ4v) is 3.22. The van der Waals surface area contributed by atoms with Gasteiger partial charge in [-0.15, -0.1) is 0 Å². The SMILES string of the molecule is CC[Se]c1ccc2c(c1)C=CC(C)(C)N2. The van der Waals surface area contributed by atoms with Crippen LogP contribution in [0.5, 0.6) is 0 Å². The second-order valence-corrected chi connectivity index (χ2v) is 7.17. The Morgan fingerprint density at radius 3 is 2.87 bits per heavy atom. The van der Waals surface area contributed by atoms with Crippen molar-refractivity contribution in [2.45, 2.75) is 31.6 Å². The molecule has 1 N–H and O–H groups in total. The Bertz CT molecular complexity index is 394. The summed E-state index contributed by atoms with van der Waals surface area (Å²) in [4.78, 5) is 0. The van der Waals surface area contributed by atoms with Gasteiger partial charge in [0.25, 0.3) is 0 Å². The fraction of sp³-hybridized carbons (Fsp3) is 0.385. The Kier molecular flexibility index (Phi) is 2.90. The van der Waals surface area contributed by atoms with E-state index in [1.807, 2.05) is 0 Å². The molecule has 0 radical (unpaired) electrons. The molecule has 1 aromatic rings. The van der Waals surface area contributed by atoms with Gasteiger partial charge in [0.2, 0.25) is 0 Å². The second-order valence-electron chi connectivity index (χ2n) is 4.36. The molecule has 0 fully saturated rings. The third-order valence-electron chi connectivity index (χ3n) is 2.47. The van der Waals surface area contributed by atoms with Gasteiger partial charge in [0.05, 0.1) is 0 Å². The zero-order valence-corrected chi connectivity index (χ0v) is 11.2. The van der Waals surface area contributed by atoms with Crippen molar-refractivity contribution >= 4 is 31.2 Å². The summed E-state index contributed by atoms with van der Waals surface area (Å²) in [5.74, 6) is 0. The number of hydrogen-bond acceptors (Lipinski definition) is 1. The van der Waals surface area contributed by atoms with E-state index >= 15 is 0 Å². The summed E-state index contributed by atoms with van der Waals surface area (Å²) in [6.45, 7) is 6.63. The molecule has 0 spiro atoms. The molecule has 2 heteroatoms. The molecule has 2 rings (SSSR count). The van der Waals surface area contributed by atoms with Gasteiger partial charge in [-0.05, 0) is 0 Å². The van der Waals surface area contributed by atoms with Gasteiger partial charge in [0.15, 0.2) is 0 Å². The van der Waals surface area contributed by atoms with Crippen LogP contribution in [0.25, 0.3) is 6.08 Å². The Morgan fingerprint density at radius 1 is 1.33 bits per heavy atom. The Balaban J connectivity index is 2.32. The van der Waals surface area contributed by atoms with E-state index in [9.17, 15) is 0 Å². The van der Waals surface area contributed by atoms with E-state index in [1.54, 1.807) is 0 Å². The predicted molar refractivity (Wildman–Crippen MR) is 69.0 cm³/mol. The van der Waals surface area contributed by atoms with E-state index in [0.717, 1.165) is 0 Å². The van der Waals surface area contributed by atoms with Crippen molar-refractivity contribution in [2.75, 3.05) is 5.32 Å². The first kappa shape index (κ1) is 10.8. The van der Waals surface area contributed by atoms with Crippen LogP contribution in [0.3, 0.4) is 0 Å². The first-order chi connectivity index (χ1) is 7.11. The molecular weight excluding hydrogens is 249 g/mol. The van der Waals surface area contributed by atoms with Gasteiger partial charge in [0.1, 0.15) is 0 Å². The Hall–Kier alpha value is -0.721. The molecule has 1 aliphatic rings. The molecular formula is C13H17NSe. The molecule has 0 aromatic heterocycles. The van der Waals surface area contributed by atoms with Crippen LogP contribution in [0.1, 0.15) is 26.3 Å². The molecule has 80 valence electrons. The van der Waals surface area contributed by atoms with Crippen molar-refractivity contribution < 1.29 is 0 Å². The molecule has 1 nitrogen and oxygen atoms in total. The Morgan fingerprint density at radius 2 is 2.13 bits per heavy atom. The average Bonchev–Trinajstić information content (AvgIpc) is 2.18. The number of benzene rings is 1. The molecule has 0 bridgehead atoms. The summed E-state index contributed by atoms with van der Waals surface area (Å²) in [6, 6.07) is 6.79. The molecule has 1 aromatic carbocycles. The van der Waals surface area contributed by atoms with Gasteiger partial charge >= 0.3 is 98.0 Å². The van der Waals surface area contributed by atoms with Crippen LogP contribution >= 0.6 is 0 Å². The van der Waals surface area contributed by atoms with Crippen molar-refractivity contribution in [1.29, 1.82) is 0 Å². The van der Waals surface area contributed by atoms with Crippen LogP contribution in [0, 0.1) is 0 Å². The minimum atomic E-state index is 0.0877. The number of rotatable bonds is 2. The standard InChI is InChI=1S/C13H17NSe/c1-4-15-11-5-6-12-10(9-11)7-8-13(2,3)14-12/h5-9,14H,4H2,1-3H3. The van der Waals surface area contributed by atoms with Crippen LogP contribution in [-0.4, -0.2) is 20.5 Å². The van der Waals surface area contributed by atoms with E-state index in [-0.39, 0.29) is 5.54 Å². The number of hydrogen-bond donors (Lipinski definition) is 1. The monoisotopic (exact) mass is 267 g/mol. The Labute approximate surface area is 98.1 Å². The van der Waals surface area contributed by atoms with Crippen molar-refractivity contribution in [3.8, 4) is 0 Å². The fourth-order valence-electron chi connectivity index (χ4n) is 1.74. The topological polar surface area (TPSA) is 12.0 Å². The van der Waals surface area contributed by atoms with Crippen molar-refractivity contribution in [1.82, 2.24) is 0 Å². The van der Waals surface area contributed by atoms with Crippen LogP contribution in [0.15, 0.2) is 24.3 Å². The van der Waals surface area contributed by atoms with Gasteiger partial charge in [-0.3, -0.25) is 0 Å². The van der Waals surface area contributed by atoms with E-state index in [0.29, 0.717) is 15.0 Å². The molecule has 0 saturated heterocycles. The third-order valence-corrected chi connectivity index (χ3v) is 4.31. The van der Waals surface area contributed by atoms with Crippen LogP contribution in [-0.2, 0) is 0 Å². The normalized spacial score (nSPS) is 17.0. The zero-order valence-electron chi connectivity index (χ0n) is 9.50. The quantitative estimate of drug-likeness (QED) is 0.811. The zero-order chi connectivity index (χ0) is 10.9. The average molecular weight is 266 g/mol. The molecule has 0 atom stereocenters. The summed E-state index contributed by atoms with van der Waals surface area (Å²) >= 11 is 0.635. The van der Waals surface area contributed by atoms with Crippen molar-refractivity contribution in [2.24, 2.45) is 0 Å². The molecule has 0 unspecified atom stereocenters. The van der Waals surface area contributed by atoms with E-state index in [1.165, 1.54) is 21.0 Å². The van der Waals surface area contributed by atoms with Crippen LogP contribution in [0.2, 0.25) is 5.32 Å². The summed E-state index contributed by atoms with van der Waals surface area (Å²) in [5, 5.41) is 4.80. The van der Waals surface area contributed by atoms with E-state index in [2.05, 4.69) is 56.4 Å². The molecule has 0 aliphatic carbocycles. The molecule has 0 amide bonds. The van der Waals surface area contributed by atoms with Crippen LogP contribution < -0.4 is 9.78 Å². The summed E-state index contributed by atoms with van der Waals surface area (Å²) < 4.78 is 1.50. The van der Waals surface area contributed by atoms with Gasteiger partial charge in [-0.2, -0.15) is 0 Å².